The predicted octanol–water partition coefficient (Wildman–Crippen LogP) is 1.22. The highest BCUT2D eigenvalue weighted by Crippen LogP contribution is 2.30. The van der Waals surface area contributed by atoms with Gasteiger partial charge in [-0.2, -0.15) is 0 Å². The second-order valence-corrected chi connectivity index (χ2v) is 5.27. The second kappa shape index (κ2) is 6.13. The van der Waals surface area contributed by atoms with Crippen LogP contribution >= 0.6 is 0 Å². The second-order valence-electron chi connectivity index (χ2n) is 5.27. The molecule has 3 rings (SSSR count). The molecule has 0 saturated carbocycles. The molecule has 1 amide bonds. The van der Waals surface area contributed by atoms with Gasteiger partial charge in [0.15, 0.2) is 11.5 Å². The third-order valence-corrected chi connectivity index (χ3v) is 3.62. The molecule has 0 radical (unpaired) electrons. The summed E-state index contributed by atoms with van der Waals surface area (Å²) in [6.45, 7) is 2.99. The number of hydrogen-bond acceptors (Lipinski definition) is 4. The van der Waals surface area contributed by atoms with Crippen LogP contribution in [0.5, 0.6) is 11.5 Å². The SMILES string of the molecule is O=C1CCC(CNCc2ccc3c(c2)OCCCO3)N1. The number of amides is 1. The molecule has 0 spiro atoms. The molecular formula is C15H20N2O3. The number of carbonyl (C=O) groups is 1. The lowest BCUT2D eigenvalue weighted by Crippen LogP contribution is -2.35. The first-order valence-corrected chi connectivity index (χ1v) is 7.20. The zero-order valence-corrected chi connectivity index (χ0v) is 11.5. The van der Waals surface area contributed by atoms with Gasteiger partial charge in [-0.25, -0.2) is 0 Å². The van der Waals surface area contributed by atoms with Crippen molar-refractivity contribution in [2.45, 2.75) is 31.8 Å². The molecule has 0 aliphatic carbocycles. The minimum absolute atomic E-state index is 0.160. The Balaban J connectivity index is 1.52. The lowest BCUT2D eigenvalue weighted by Gasteiger charge is -2.13. The average Bonchev–Trinajstić information content (AvgIpc) is 2.73. The standard InChI is InChI=1S/C15H20N2O3/c18-15-5-3-12(17-15)10-16-9-11-2-4-13-14(8-11)20-7-1-6-19-13/h2,4,8,12,16H,1,3,5-7,9-10H2,(H,17,18). The van der Waals surface area contributed by atoms with Crippen molar-refractivity contribution >= 4 is 5.91 Å². The van der Waals surface area contributed by atoms with Crippen LogP contribution in [0.2, 0.25) is 0 Å². The van der Waals surface area contributed by atoms with Crippen molar-refractivity contribution in [3.05, 3.63) is 23.8 Å². The van der Waals surface area contributed by atoms with Crippen LogP contribution in [-0.2, 0) is 11.3 Å². The van der Waals surface area contributed by atoms with Crippen molar-refractivity contribution in [1.82, 2.24) is 10.6 Å². The molecule has 5 nitrogen and oxygen atoms in total. The van der Waals surface area contributed by atoms with E-state index in [1.165, 1.54) is 5.56 Å². The largest absolute Gasteiger partial charge is 0.490 e. The molecule has 20 heavy (non-hydrogen) atoms. The Bertz CT molecular complexity index is 490. The first-order chi connectivity index (χ1) is 9.81. The Labute approximate surface area is 118 Å². The molecule has 1 aromatic rings. The van der Waals surface area contributed by atoms with Gasteiger partial charge in [-0.15, -0.1) is 0 Å². The predicted molar refractivity (Wildman–Crippen MR) is 74.9 cm³/mol. The van der Waals surface area contributed by atoms with Crippen LogP contribution in [0.25, 0.3) is 0 Å². The number of nitrogens with one attached hydrogen (secondary N) is 2. The molecule has 108 valence electrons. The van der Waals surface area contributed by atoms with E-state index in [0.29, 0.717) is 19.6 Å². The van der Waals surface area contributed by atoms with Crippen molar-refractivity contribution in [3.8, 4) is 11.5 Å². The number of benzene rings is 1. The molecular weight excluding hydrogens is 256 g/mol. The molecule has 0 aromatic heterocycles. The monoisotopic (exact) mass is 276 g/mol. The first-order valence-electron chi connectivity index (χ1n) is 7.20. The molecule has 1 atom stereocenters. The van der Waals surface area contributed by atoms with Gasteiger partial charge in [0.2, 0.25) is 5.91 Å². The van der Waals surface area contributed by atoms with Gasteiger partial charge in [-0.3, -0.25) is 4.79 Å². The topological polar surface area (TPSA) is 59.6 Å². The lowest BCUT2D eigenvalue weighted by molar-refractivity contribution is -0.119. The van der Waals surface area contributed by atoms with Gasteiger partial charge in [0.25, 0.3) is 0 Å². The van der Waals surface area contributed by atoms with E-state index in [0.717, 1.165) is 37.4 Å². The number of ether oxygens (including phenoxy) is 2. The summed E-state index contributed by atoms with van der Waals surface area (Å²) >= 11 is 0. The third kappa shape index (κ3) is 3.22. The van der Waals surface area contributed by atoms with E-state index in [4.69, 9.17) is 9.47 Å². The van der Waals surface area contributed by atoms with Gasteiger partial charge in [0.05, 0.1) is 13.2 Å². The summed E-state index contributed by atoms with van der Waals surface area (Å²) in [6, 6.07) is 6.31. The summed E-state index contributed by atoms with van der Waals surface area (Å²) in [6.07, 6.45) is 2.49. The van der Waals surface area contributed by atoms with E-state index in [-0.39, 0.29) is 11.9 Å². The molecule has 2 N–H and O–H groups in total. The molecule has 1 fully saturated rings. The average molecular weight is 276 g/mol. The zero-order valence-electron chi connectivity index (χ0n) is 11.5. The minimum atomic E-state index is 0.160. The van der Waals surface area contributed by atoms with Crippen LogP contribution in [0.4, 0.5) is 0 Å². The highest BCUT2D eigenvalue weighted by atomic mass is 16.5. The lowest BCUT2D eigenvalue weighted by atomic mass is 10.2. The van der Waals surface area contributed by atoms with Crippen molar-refractivity contribution < 1.29 is 14.3 Å². The van der Waals surface area contributed by atoms with Crippen LogP contribution in [0, 0.1) is 0 Å². The summed E-state index contributed by atoms with van der Waals surface area (Å²) in [5, 5.41) is 6.33. The quantitative estimate of drug-likeness (QED) is 0.868. The van der Waals surface area contributed by atoms with Gasteiger partial charge >= 0.3 is 0 Å². The number of carbonyl (C=O) groups excluding carboxylic acids is 1. The van der Waals surface area contributed by atoms with Crippen molar-refractivity contribution in [3.63, 3.8) is 0 Å². The molecule has 1 saturated heterocycles. The first kappa shape index (κ1) is 13.2. The van der Waals surface area contributed by atoms with E-state index in [2.05, 4.69) is 10.6 Å². The summed E-state index contributed by atoms with van der Waals surface area (Å²) in [5.41, 5.74) is 1.17. The Morgan fingerprint density at radius 3 is 2.90 bits per heavy atom. The maximum atomic E-state index is 11.1. The summed E-state index contributed by atoms with van der Waals surface area (Å²) in [5.74, 6) is 1.82. The van der Waals surface area contributed by atoms with E-state index < -0.39 is 0 Å². The van der Waals surface area contributed by atoms with Gasteiger partial charge in [-0.1, -0.05) is 6.07 Å². The summed E-state index contributed by atoms with van der Waals surface area (Å²) in [7, 11) is 0. The van der Waals surface area contributed by atoms with Crippen LogP contribution in [0.1, 0.15) is 24.8 Å². The van der Waals surface area contributed by atoms with Crippen molar-refractivity contribution in [2.75, 3.05) is 19.8 Å². The fourth-order valence-corrected chi connectivity index (χ4v) is 2.54. The highest BCUT2D eigenvalue weighted by molar-refractivity contribution is 5.78. The molecule has 0 bridgehead atoms. The number of fused-ring (bicyclic) bond motifs is 1. The summed E-state index contributed by atoms with van der Waals surface area (Å²) in [4.78, 5) is 11.1. The highest BCUT2D eigenvalue weighted by Gasteiger charge is 2.19. The smallest absolute Gasteiger partial charge is 0.220 e. The molecule has 2 heterocycles. The fourth-order valence-electron chi connectivity index (χ4n) is 2.54. The van der Waals surface area contributed by atoms with Crippen LogP contribution in [0.15, 0.2) is 18.2 Å². The van der Waals surface area contributed by atoms with Crippen LogP contribution < -0.4 is 20.1 Å². The van der Waals surface area contributed by atoms with Crippen LogP contribution in [0.3, 0.4) is 0 Å². The molecule has 1 aromatic carbocycles. The molecule has 1 unspecified atom stereocenters. The van der Waals surface area contributed by atoms with Gasteiger partial charge in [-0.05, 0) is 24.1 Å². The Kier molecular flexibility index (Phi) is 4.06. The Morgan fingerprint density at radius 1 is 1.25 bits per heavy atom. The Hall–Kier alpha value is -1.75. The van der Waals surface area contributed by atoms with Gasteiger partial charge < -0.3 is 20.1 Å². The van der Waals surface area contributed by atoms with E-state index >= 15 is 0 Å². The minimum Gasteiger partial charge on any atom is -0.490 e. The maximum Gasteiger partial charge on any atom is 0.220 e. The maximum absolute atomic E-state index is 11.1. The Morgan fingerprint density at radius 2 is 2.10 bits per heavy atom. The zero-order chi connectivity index (χ0) is 13.8. The normalized spacial score (nSPS) is 21.4. The van der Waals surface area contributed by atoms with E-state index in [9.17, 15) is 4.79 Å². The number of rotatable bonds is 4. The van der Waals surface area contributed by atoms with Crippen molar-refractivity contribution in [1.29, 1.82) is 0 Å². The molecule has 5 heteroatoms. The van der Waals surface area contributed by atoms with E-state index in [1.54, 1.807) is 0 Å². The third-order valence-electron chi connectivity index (χ3n) is 3.62. The van der Waals surface area contributed by atoms with Crippen LogP contribution in [-0.4, -0.2) is 31.7 Å². The molecule has 2 aliphatic rings. The summed E-state index contributed by atoms with van der Waals surface area (Å²) < 4.78 is 11.3. The van der Waals surface area contributed by atoms with Gasteiger partial charge in [0.1, 0.15) is 0 Å². The number of hydrogen-bond donors (Lipinski definition) is 2. The molecule has 2 aliphatic heterocycles. The van der Waals surface area contributed by atoms with E-state index in [1.807, 2.05) is 18.2 Å². The van der Waals surface area contributed by atoms with Gasteiger partial charge in [0, 0.05) is 32.0 Å². The van der Waals surface area contributed by atoms with Crippen molar-refractivity contribution in [2.24, 2.45) is 0 Å². The fraction of sp³-hybridized carbons (Fsp3) is 0.533.